The normalized spacial score (nSPS) is 10.6. The van der Waals surface area contributed by atoms with Crippen molar-refractivity contribution >= 4 is 34.4 Å². The molecule has 0 spiro atoms. The van der Waals surface area contributed by atoms with Crippen LogP contribution in [0.2, 0.25) is 5.02 Å². The molecule has 1 aromatic heterocycles. The van der Waals surface area contributed by atoms with Crippen LogP contribution >= 0.6 is 11.6 Å². The molecule has 1 heterocycles. The van der Waals surface area contributed by atoms with Crippen molar-refractivity contribution in [3.8, 4) is 5.75 Å². The number of carbonyl (C=O) groups is 2. The number of hydrogen-bond donors (Lipinski definition) is 2. The summed E-state index contributed by atoms with van der Waals surface area (Å²) in [5.74, 6) is -1.24. The molecule has 2 aromatic carbocycles. The van der Waals surface area contributed by atoms with E-state index >= 15 is 0 Å². The molecule has 0 atom stereocenters. The monoisotopic (exact) mass is 387 g/mol. The van der Waals surface area contributed by atoms with Crippen LogP contribution in [0.4, 0.5) is 0 Å². The minimum absolute atomic E-state index is 0.0536. The number of hydrogen-bond acceptors (Lipinski definition) is 6. The van der Waals surface area contributed by atoms with Crippen LogP contribution < -0.4 is 10.9 Å². The number of carbonyl (C=O) groups excluding carboxylic acids is 2. The molecular weight excluding hydrogens is 374 g/mol. The number of amides is 1. The van der Waals surface area contributed by atoms with Gasteiger partial charge in [-0.3, -0.25) is 9.59 Å². The molecule has 7 nitrogen and oxygen atoms in total. The lowest BCUT2D eigenvalue weighted by molar-refractivity contribution is -0.143. The highest BCUT2D eigenvalue weighted by atomic mass is 35.5. The van der Waals surface area contributed by atoms with E-state index < -0.39 is 17.5 Å². The van der Waals surface area contributed by atoms with Gasteiger partial charge in [0, 0.05) is 23.1 Å². The molecule has 0 bridgehead atoms. The first-order valence-corrected chi connectivity index (χ1v) is 8.26. The minimum Gasteiger partial charge on any atom is -0.508 e. The topological polar surface area (TPSA) is 106 Å². The maximum Gasteiger partial charge on any atom is 0.336 e. The largest absolute Gasteiger partial charge is 0.508 e. The summed E-state index contributed by atoms with van der Waals surface area (Å²) < 4.78 is 10.1. The van der Waals surface area contributed by atoms with Crippen LogP contribution in [0, 0.1) is 0 Å². The van der Waals surface area contributed by atoms with Gasteiger partial charge in [-0.2, -0.15) is 0 Å². The molecule has 0 aliphatic heterocycles. The average Bonchev–Trinajstić information content (AvgIpc) is 2.64. The van der Waals surface area contributed by atoms with Gasteiger partial charge in [0.25, 0.3) is 5.91 Å². The fourth-order valence-corrected chi connectivity index (χ4v) is 2.66. The van der Waals surface area contributed by atoms with Crippen molar-refractivity contribution in [2.24, 2.45) is 0 Å². The molecule has 0 saturated carbocycles. The second-order valence-electron chi connectivity index (χ2n) is 5.59. The van der Waals surface area contributed by atoms with Gasteiger partial charge < -0.3 is 19.6 Å². The molecule has 3 aromatic rings. The molecule has 0 radical (unpaired) electrons. The summed E-state index contributed by atoms with van der Waals surface area (Å²) in [6.07, 6.45) is 0. The lowest BCUT2D eigenvalue weighted by atomic mass is 10.1. The molecule has 0 unspecified atom stereocenters. The van der Waals surface area contributed by atoms with E-state index in [4.69, 9.17) is 20.8 Å². The maximum absolute atomic E-state index is 12.0. The fraction of sp³-hybridized carbons (Fsp3) is 0.105. The zero-order valence-electron chi connectivity index (χ0n) is 13.9. The summed E-state index contributed by atoms with van der Waals surface area (Å²) in [5, 5.41) is 12.7. The lowest BCUT2D eigenvalue weighted by Crippen LogP contribution is -2.30. The molecule has 2 N–H and O–H groups in total. The first-order valence-electron chi connectivity index (χ1n) is 7.88. The van der Waals surface area contributed by atoms with Crippen LogP contribution in [-0.2, 0) is 16.1 Å². The highest BCUT2D eigenvalue weighted by molar-refractivity contribution is 6.33. The van der Waals surface area contributed by atoms with Gasteiger partial charge in [0.15, 0.2) is 0 Å². The molecule has 0 fully saturated rings. The quantitative estimate of drug-likeness (QED) is 0.515. The number of esters is 1. The van der Waals surface area contributed by atoms with Crippen LogP contribution in [0.3, 0.4) is 0 Å². The summed E-state index contributed by atoms with van der Waals surface area (Å²) in [5.41, 5.74) is 0.220. The Morgan fingerprint density at radius 3 is 2.70 bits per heavy atom. The zero-order chi connectivity index (χ0) is 19.4. The third kappa shape index (κ3) is 4.45. The maximum atomic E-state index is 12.0. The SMILES string of the molecule is O=C(CNC(=O)c1ccccc1Cl)OCc1cc(=O)oc2cc(O)ccc12. The highest BCUT2D eigenvalue weighted by Gasteiger charge is 2.13. The fourth-order valence-electron chi connectivity index (χ4n) is 2.44. The van der Waals surface area contributed by atoms with Gasteiger partial charge in [0.05, 0.1) is 10.6 Å². The Morgan fingerprint density at radius 2 is 1.93 bits per heavy atom. The zero-order valence-corrected chi connectivity index (χ0v) is 14.7. The third-order valence-electron chi connectivity index (χ3n) is 3.71. The van der Waals surface area contributed by atoms with Crippen molar-refractivity contribution in [1.82, 2.24) is 5.32 Å². The molecule has 0 aliphatic rings. The van der Waals surface area contributed by atoms with Gasteiger partial charge in [-0.15, -0.1) is 0 Å². The molecule has 1 amide bonds. The van der Waals surface area contributed by atoms with Crippen LogP contribution in [0.5, 0.6) is 5.75 Å². The van der Waals surface area contributed by atoms with E-state index in [9.17, 15) is 19.5 Å². The van der Waals surface area contributed by atoms with Crippen molar-refractivity contribution < 1.29 is 23.8 Å². The molecule has 0 saturated heterocycles. The number of halogens is 1. The van der Waals surface area contributed by atoms with Gasteiger partial charge in [-0.25, -0.2) is 4.79 Å². The van der Waals surface area contributed by atoms with E-state index in [1.807, 2.05) is 0 Å². The number of fused-ring (bicyclic) bond motifs is 1. The molecular formula is C19H14ClNO6. The molecule has 0 aliphatic carbocycles. The summed E-state index contributed by atoms with van der Waals surface area (Å²) in [6, 6.07) is 11.9. The average molecular weight is 388 g/mol. The summed E-state index contributed by atoms with van der Waals surface area (Å²) >= 11 is 5.92. The smallest absolute Gasteiger partial charge is 0.336 e. The van der Waals surface area contributed by atoms with Gasteiger partial charge in [-0.1, -0.05) is 23.7 Å². The Labute approximate surface area is 158 Å². The molecule has 3 rings (SSSR count). The van der Waals surface area contributed by atoms with Crippen LogP contribution in [0.1, 0.15) is 15.9 Å². The number of ether oxygens (including phenoxy) is 1. The Bertz CT molecular complexity index is 1080. The number of benzene rings is 2. The van der Waals surface area contributed by atoms with Crippen molar-refractivity contribution in [2.45, 2.75) is 6.61 Å². The van der Waals surface area contributed by atoms with Crippen LogP contribution in [-0.4, -0.2) is 23.5 Å². The van der Waals surface area contributed by atoms with Crippen LogP contribution in [0.25, 0.3) is 11.0 Å². The summed E-state index contributed by atoms with van der Waals surface area (Å²) in [7, 11) is 0. The van der Waals surface area contributed by atoms with Gasteiger partial charge in [0.1, 0.15) is 24.5 Å². The van der Waals surface area contributed by atoms with E-state index in [2.05, 4.69) is 5.32 Å². The molecule has 138 valence electrons. The number of aromatic hydroxyl groups is 1. The number of phenolic OH excluding ortho intramolecular Hbond substituents is 1. The van der Waals surface area contributed by atoms with E-state index in [0.717, 1.165) is 0 Å². The Morgan fingerprint density at radius 1 is 1.15 bits per heavy atom. The second kappa shape index (κ2) is 7.92. The summed E-state index contributed by atoms with van der Waals surface area (Å²) in [6.45, 7) is -0.544. The van der Waals surface area contributed by atoms with Gasteiger partial charge in [0.2, 0.25) is 0 Å². The van der Waals surface area contributed by atoms with Gasteiger partial charge in [-0.05, 0) is 24.3 Å². The lowest BCUT2D eigenvalue weighted by Gasteiger charge is -2.09. The Balaban J connectivity index is 1.63. The van der Waals surface area contributed by atoms with E-state index in [-0.39, 0.29) is 35.1 Å². The van der Waals surface area contributed by atoms with E-state index in [1.165, 1.54) is 24.3 Å². The molecule has 27 heavy (non-hydrogen) atoms. The van der Waals surface area contributed by atoms with Crippen molar-refractivity contribution in [3.05, 3.63) is 75.1 Å². The summed E-state index contributed by atoms with van der Waals surface area (Å²) in [4.78, 5) is 35.5. The van der Waals surface area contributed by atoms with Crippen LogP contribution in [0.15, 0.2) is 57.7 Å². The number of rotatable bonds is 5. The Kier molecular flexibility index (Phi) is 5.42. The first kappa shape index (κ1) is 18.5. The first-order chi connectivity index (χ1) is 12.9. The van der Waals surface area contributed by atoms with Crippen molar-refractivity contribution in [2.75, 3.05) is 6.54 Å². The Hall–Kier alpha value is -3.32. The second-order valence-corrected chi connectivity index (χ2v) is 6.00. The van der Waals surface area contributed by atoms with E-state index in [0.29, 0.717) is 10.9 Å². The minimum atomic E-state index is -0.685. The van der Waals surface area contributed by atoms with Gasteiger partial charge >= 0.3 is 11.6 Å². The molecule has 8 heteroatoms. The van der Waals surface area contributed by atoms with Crippen molar-refractivity contribution in [3.63, 3.8) is 0 Å². The third-order valence-corrected chi connectivity index (χ3v) is 4.04. The predicted octanol–water partition coefficient (Wildman–Crippen LogP) is 2.63. The number of phenols is 1. The van der Waals surface area contributed by atoms with E-state index in [1.54, 1.807) is 24.3 Å². The standard InChI is InChI=1S/C19H14ClNO6/c20-15-4-2-1-3-14(15)19(25)21-9-18(24)26-10-11-7-17(23)27-16-8-12(22)5-6-13(11)16/h1-8,22H,9-10H2,(H,21,25). The predicted molar refractivity (Wildman–Crippen MR) is 97.7 cm³/mol. The highest BCUT2D eigenvalue weighted by Crippen LogP contribution is 2.22. The number of nitrogens with one attached hydrogen (secondary N) is 1. The van der Waals surface area contributed by atoms with Crippen molar-refractivity contribution in [1.29, 1.82) is 0 Å².